The lowest BCUT2D eigenvalue weighted by molar-refractivity contribution is 0.101. The van der Waals surface area contributed by atoms with Gasteiger partial charge in [-0.05, 0) is 19.9 Å². The van der Waals surface area contributed by atoms with Crippen LogP contribution in [0, 0.1) is 11.6 Å². The van der Waals surface area contributed by atoms with Crippen LogP contribution in [-0.4, -0.2) is 12.4 Å². The molecule has 0 aliphatic carbocycles. The van der Waals surface area contributed by atoms with Gasteiger partial charge in [-0.2, -0.15) is 0 Å². The summed E-state index contributed by atoms with van der Waals surface area (Å²) < 4.78 is 30.9. The maximum atomic E-state index is 13.0. The van der Waals surface area contributed by atoms with Crippen molar-refractivity contribution in [2.75, 3.05) is 6.61 Å². The predicted molar refractivity (Wildman–Crippen MR) is 47.5 cm³/mol. The summed E-state index contributed by atoms with van der Waals surface area (Å²) in [7, 11) is 0. The Morgan fingerprint density at radius 2 is 2.07 bits per heavy atom. The van der Waals surface area contributed by atoms with Gasteiger partial charge in [0.05, 0.1) is 12.2 Å². The monoisotopic (exact) mass is 200 g/mol. The van der Waals surface area contributed by atoms with E-state index in [0.717, 1.165) is 6.07 Å². The van der Waals surface area contributed by atoms with Crippen molar-refractivity contribution in [3.8, 4) is 5.75 Å². The van der Waals surface area contributed by atoms with E-state index in [1.165, 1.54) is 13.0 Å². The van der Waals surface area contributed by atoms with Gasteiger partial charge < -0.3 is 4.74 Å². The van der Waals surface area contributed by atoms with E-state index in [1.807, 2.05) is 0 Å². The van der Waals surface area contributed by atoms with Gasteiger partial charge in [0.15, 0.2) is 17.4 Å². The SMILES string of the molecule is CCOc1cc(F)c(F)c(C(C)=O)c1. The Kier molecular flexibility index (Phi) is 3.17. The van der Waals surface area contributed by atoms with E-state index >= 15 is 0 Å². The molecule has 0 bridgehead atoms. The summed E-state index contributed by atoms with van der Waals surface area (Å²) in [5.41, 5.74) is -0.284. The molecule has 0 fully saturated rings. The van der Waals surface area contributed by atoms with Crippen LogP contribution in [0.15, 0.2) is 12.1 Å². The van der Waals surface area contributed by atoms with Gasteiger partial charge in [0.2, 0.25) is 0 Å². The number of ketones is 1. The number of hydrogen-bond donors (Lipinski definition) is 0. The first kappa shape index (κ1) is 10.6. The van der Waals surface area contributed by atoms with Crippen molar-refractivity contribution in [2.45, 2.75) is 13.8 Å². The molecular formula is C10H10F2O2. The molecule has 0 amide bonds. The zero-order chi connectivity index (χ0) is 10.7. The standard InChI is InChI=1S/C10H10F2O2/c1-3-14-7-4-8(6(2)13)10(12)9(11)5-7/h4-5H,3H2,1-2H3. The van der Waals surface area contributed by atoms with E-state index in [2.05, 4.69) is 0 Å². The van der Waals surface area contributed by atoms with Gasteiger partial charge in [-0.3, -0.25) is 4.79 Å². The molecule has 0 heterocycles. The molecule has 1 aromatic carbocycles. The Labute approximate surface area is 80.5 Å². The van der Waals surface area contributed by atoms with Crippen LogP contribution < -0.4 is 4.74 Å². The second-order valence-electron chi connectivity index (χ2n) is 2.76. The molecule has 14 heavy (non-hydrogen) atoms. The molecule has 1 rings (SSSR count). The Morgan fingerprint density at radius 1 is 1.43 bits per heavy atom. The Balaban J connectivity index is 3.21. The minimum Gasteiger partial charge on any atom is -0.494 e. The summed E-state index contributed by atoms with van der Waals surface area (Å²) in [5.74, 6) is -2.55. The van der Waals surface area contributed by atoms with Gasteiger partial charge in [-0.15, -0.1) is 0 Å². The number of carbonyl (C=O) groups is 1. The van der Waals surface area contributed by atoms with Crippen molar-refractivity contribution < 1.29 is 18.3 Å². The first-order chi connectivity index (χ1) is 6.56. The van der Waals surface area contributed by atoms with Gasteiger partial charge in [0.25, 0.3) is 0 Å². The number of carbonyl (C=O) groups excluding carboxylic acids is 1. The molecule has 2 nitrogen and oxygen atoms in total. The Morgan fingerprint density at radius 3 is 2.57 bits per heavy atom. The van der Waals surface area contributed by atoms with Crippen molar-refractivity contribution in [1.82, 2.24) is 0 Å². The van der Waals surface area contributed by atoms with Crippen LogP contribution in [0.5, 0.6) is 5.75 Å². The highest BCUT2D eigenvalue weighted by Gasteiger charge is 2.14. The fourth-order valence-electron chi connectivity index (χ4n) is 1.07. The highest BCUT2D eigenvalue weighted by molar-refractivity contribution is 5.94. The molecule has 1 aromatic rings. The summed E-state index contributed by atoms with van der Waals surface area (Å²) in [6, 6.07) is 2.12. The van der Waals surface area contributed by atoms with Crippen LogP contribution in [0.4, 0.5) is 8.78 Å². The van der Waals surface area contributed by atoms with Crippen LogP contribution in [0.2, 0.25) is 0 Å². The average molecular weight is 200 g/mol. The maximum absolute atomic E-state index is 13.0. The fourth-order valence-corrected chi connectivity index (χ4v) is 1.07. The fraction of sp³-hybridized carbons (Fsp3) is 0.300. The molecule has 0 aliphatic heterocycles. The molecule has 0 aromatic heterocycles. The minimum atomic E-state index is -1.12. The van der Waals surface area contributed by atoms with Crippen LogP contribution in [0.3, 0.4) is 0 Å². The minimum absolute atomic E-state index is 0.164. The van der Waals surface area contributed by atoms with Crippen molar-refractivity contribution >= 4 is 5.78 Å². The molecule has 0 N–H and O–H groups in total. The van der Waals surface area contributed by atoms with Gasteiger partial charge in [-0.25, -0.2) is 8.78 Å². The van der Waals surface area contributed by atoms with E-state index in [9.17, 15) is 13.6 Å². The summed E-state index contributed by atoms with van der Waals surface area (Å²) >= 11 is 0. The van der Waals surface area contributed by atoms with Crippen LogP contribution >= 0.6 is 0 Å². The first-order valence-corrected chi connectivity index (χ1v) is 4.19. The molecular weight excluding hydrogens is 190 g/mol. The largest absolute Gasteiger partial charge is 0.494 e. The lowest BCUT2D eigenvalue weighted by atomic mass is 10.1. The highest BCUT2D eigenvalue weighted by atomic mass is 19.2. The molecule has 0 radical (unpaired) electrons. The van der Waals surface area contributed by atoms with Crippen LogP contribution in [0.1, 0.15) is 24.2 Å². The zero-order valence-corrected chi connectivity index (χ0v) is 7.93. The normalized spacial score (nSPS) is 10.0. The second-order valence-corrected chi connectivity index (χ2v) is 2.76. The quantitative estimate of drug-likeness (QED) is 0.701. The lowest BCUT2D eigenvalue weighted by Gasteiger charge is -2.06. The zero-order valence-electron chi connectivity index (χ0n) is 7.93. The highest BCUT2D eigenvalue weighted by Crippen LogP contribution is 2.20. The van der Waals surface area contributed by atoms with Crippen molar-refractivity contribution in [2.24, 2.45) is 0 Å². The number of rotatable bonds is 3. The molecule has 0 atom stereocenters. The average Bonchev–Trinajstić information content (AvgIpc) is 2.11. The maximum Gasteiger partial charge on any atom is 0.169 e. The van der Waals surface area contributed by atoms with Gasteiger partial charge in [0, 0.05) is 6.07 Å². The summed E-state index contributed by atoms with van der Waals surface area (Å²) in [6.45, 7) is 3.23. The summed E-state index contributed by atoms with van der Waals surface area (Å²) in [5, 5.41) is 0. The van der Waals surface area contributed by atoms with Gasteiger partial charge in [-0.1, -0.05) is 0 Å². The van der Waals surface area contributed by atoms with Gasteiger partial charge >= 0.3 is 0 Å². The molecule has 0 unspecified atom stereocenters. The molecule has 76 valence electrons. The van der Waals surface area contributed by atoms with E-state index < -0.39 is 17.4 Å². The third-order valence-corrected chi connectivity index (χ3v) is 1.69. The van der Waals surface area contributed by atoms with Crippen molar-refractivity contribution in [1.29, 1.82) is 0 Å². The topological polar surface area (TPSA) is 26.3 Å². The van der Waals surface area contributed by atoms with E-state index in [1.54, 1.807) is 6.92 Å². The summed E-state index contributed by atoms with van der Waals surface area (Å²) in [6.07, 6.45) is 0. The third-order valence-electron chi connectivity index (χ3n) is 1.69. The molecule has 4 heteroatoms. The Hall–Kier alpha value is -1.45. The lowest BCUT2D eigenvalue weighted by Crippen LogP contribution is -2.02. The number of Topliss-reactive ketones (excluding diaryl/α,β-unsaturated/α-hetero) is 1. The molecule has 0 saturated heterocycles. The number of halogens is 2. The van der Waals surface area contributed by atoms with E-state index in [-0.39, 0.29) is 11.3 Å². The van der Waals surface area contributed by atoms with Crippen molar-refractivity contribution in [3.05, 3.63) is 29.3 Å². The van der Waals surface area contributed by atoms with Crippen molar-refractivity contribution in [3.63, 3.8) is 0 Å². The number of ether oxygens (including phenoxy) is 1. The molecule has 0 saturated carbocycles. The smallest absolute Gasteiger partial charge is 0.169 e. The summed E-state index contributed by atoms with van der Waals surface area (Å²) in [4.78, 5) is 10.9. The first-order valence-electron chi connectivity index (χ1n) is 4.19. The number of hydrogen-bond acceptors (Lipinski definition) is 2. The Bertz CT molecular complexity index is 361. The predicted octanol–water partition coefficient (Wildman–Crippen LogP) is 2.57. The number of benzene rings is 1. The van der Waals surface area contributed by atoms with Crippen LogP contribution in [-0.2, 0) is 0 Å². The second kappa shape index (κ2) is 4.17. The van der Waals surface area contributed by atoms with E-state index in [0.29, 0.717) is 6.61 Å². The molecule has 0 aliphatic rings. The molecule has 0 spiro atoms. The van der Waals surface area contributed by atoms with Gasteiger partial charge in [0.1, 0.15) is 5.75 Å². The van der Waals surface area contributed by atoms with E-state index in [4.69, 9.17) is 4.74 Å². The third kappa shape index (κ3) is 2.07. The van der Waals surface area contributed by atoms with Crippen LogP contribution in [0.25, 0.3) is 0 Å².